The number of hydrogen-bond acceptors (Lipinski definition) is 2. The number of aliphatic hydroxyl groups is 1. The summed E-state index contributed by atoms with van der Waals surface area (Å²) in [6.07, 6.45) is 2.19. The standard InChI is InChI=1S/C14H23NO/c1-12(14(2,3)16)15-11-7-10-13-8-5-4-6-9-13/h4-6,8-9,12,15-16H,7,10-11H2,1-3H3. The van der Waals surface area contributed by atoms with Crippen molar-refractivity contribution in [1.82, 2.24) is 5.32 Å². The van der Waals surface area contributed by atoms with Crippen LogP contribution in [-0.2, 0) is 6.42 Å². The van der Waals surface area contributed by atoms with E-state index in [0.29, 0.717) is 0 Å². The van der Waals surface area contributed by atoms with Crippen molar-refractivity contribution in [3.05, 3.63) is 35.9 Å². The first-order valence-corrected chi connectivity index (χ1v) is 6.00. The molecule has 0 aliphatic carbocycles. The van der Waals surface area contributed by atoms with Gasteiger partial charge in [0.05, 0.1) is 5.60 Å². The predicted molar refractivity (Wildman–Crippen MR) is 68.5 cm³/mol. The zero-order chi connectivity index (χ0) is 12.0. The van der Waals surface area contributed by atoms with Crippen LogP contribution >= 0.6 is 0 Å². The van der Waals surface area contributed by atoms with Crippen molar-refractivity contribution >= 4 is 0 Å². The quantitative estimate of drug-likeness (QED) is 0.723. The van der Waals surface area contributed by atoms with Crippen molar-refractivity contribution < 1.29 is 5.11 Å². The minimum Gasteiger partial charge on any atom is -0.389 e. The first kappa shape index (κ1) is 13.2. The molecule has 2 heteroatoms. The zero-order valence-corrected chi connectivity index (χ0v) is 10.5. The van der Waals surface area contributed by atoms with Gasteiger partial charge in [-0.1, -0.05) is 30.3 Å². The van der Waals surface area contributed by atoms with Crippen molar-refractivity contribution in [1.29, 1.82) is 0 Å². The van der Waals surface area contributed by atoms with Gasteiger partial charge in [0.15, 0.2) is 0 Å². The second-order valence-electron chi connectivity index (χ2n) is 4.92. The van der Waals surface area contributed by atoms with Crippen LogP contribution in [0, 0.1) is 0 Å². The molecule has 1 atom stereocenters. The van der Waals surface area contributed by atoms with Gasteiger partial charge in [0, 0.05) is 6.04 Å². The summed E-state index contributed by atoms with van der Waals surface area (Å²) < 4.78 is 0. The Kier molecular flexibility index (Phi) is 4.97. The fourth-order valence-corrected chi connectivity index (χ4v) is 1.51. The van der Waals surface area contributed by atoms with E-state index in [1.807, 2.05) is 26.8 Å². The summed E-state index contributed by atoms with van der Waals surface area (Å²) in [4.78, 5) is 0. The van der Waals surface area contributed by atoms with Crippen molar-refractivity contribution in [2.45, 2.75) is 45.3 Å². The Hall–Kier alpha value is -0.860. The third-order valence-electron chi connectivity index (χ3n) is 3.00. The summed E-state index contributed by atoms with van der Waals surface area (Å²) in [5.41, 5.74) is 0.729. The molecule has 0 aromatic heterocycles. The summed E-state index contributed by atoms with van der Waals surface area (Å²) in [5.74, 6) is 0. The minimum absolute atomic E-state index is 0.128. The Morgan fingerprint density at radius 2 is 1.88 bits per heavy atom. The zero-order valence-electron chi connectivity index (χ0n) is 10.5. The molecule has 0 fully saturated rings. The number of benzene rings is 1. The lowest BCUT2D eigenvalue weighted by Gasteiger charge is -2.26. The van der Waals surface area contributed by atoms with E-state index < -0.39 is 5.60 Å². The Morgan fingerprint density at radius 3 is 2.44 bits per heavy atom. The van der Waals surface area contributed by atoms with Gasteiger partial charge >= 0.3 is 0 Å². The molecular weight excluding hydrogens is 198 g/mol. The molecule has 0 amide bonds. The highest BCUT2D eigenvalue weighted by molar-refractivity contribution is 5.14. The van der Waals surface area contributed by atoms with E-state index in [2.05, 4.69) is 29.6 Å². The average Bonchev–Trinajstić information content (AvgIpc) is 2.24. The van der Waals surface area contributed by atoms with E-state index >= 15 is 0 Å². The van der Waals surface area contributed by atoms with Crippen LogP contribution in [0.15, 0.2) is 30.3 Å². The third kappa shape index (κ3) is 4.77. The van der Waals surface area contributed by atoms with Crippen LogP contribution in [0.25, 0.3) is 0 Å². The Bertz CT molecular complexity index is 289. The van der Waals surface area contributed by atoms with E-state index in [0.717, 1.165) is 19.4 Å². The highest BCUT2D eigenvalue weighted by Crippen LogP contribution is 2.07. The maximum absolute atomic E-state index is 9.74. The van der Waals surface area contributed by atoms with Crippen LogP contribution in [-0.4, -0.2) is 23.3 Å². The van der Waals surface area contributed by atoms with Crippen LogP contribution in [0.1, 0.15) is 32.8 Å². The topological polar surface area (TPSA) is 32.3 Å². The predicted octanol–water partition coefficient (Wildman–Crippen LogP) is 2.37. The molecule has 0 radical (unpaired) electrons. The van der Waals surface area contributed by atoms with Gasteiger partial charge in [-0.05, 0) is 45.7 Å². The smallest absolute Gasteiger partial charge is 0.0741 e. The summed E-state index contributed by atoms with van der Waals surface area (Å²) in [7, 11) is 0. The number of aryl methyl sites for hydroxylation is 1. The third-order valence-corrected chi connectivity index (χ3v) is 3.00. The van der Waals surface area contributed by atoms with Gasteiger partial charge in [0.1, 0.15) is 0 Å². The molecule has 90 valence electrons. The second kappa shape index (κ2) is 6.02. The summed E-state index contributed by atoms with van der Waals surface area (Å²) in [5, 5.41) is 13.1. The SMILES string of the molecule is CC(NCCCc1ccccc1)C(C)(C)O. The van der Waals surface area contributed by atoms with Gasteiger partial charge in [-0.3, -0.25) is 0 Å². The van der Waals surface area contributed by atoms with Crippen molar-refractivity contribution in [3.63, 3.8) is 0 Å². The van der Waals surface area contributed by atoms with Crippen LogP contribution in [0.5, 0.6) is 0 Å². The summed E-state index contributed by atoms with van der Waals surface area (Å²) in [6.45, 7) is 6.63. The number of hydrogen-bond donors (Lipinski definition) is 2. The molecule has 16 heavy (non-hydrogen) atoms. The van der Waals surface area contributed by atoms with Gasteiger partial charge in [0.25, 0.3) is 0 Å². The van der Waals surface area contributed by atoms with E-state index in [9.17, 15) is 5.11 Å². The molecule has 0 saturated heterocycles. The first-order valence-electron chi connectivity index (χ1n) is 6.00. The van der Waals surface area contributed by atoms with Crippen molar-refractivity contribution in [3.8, 4) is 0 Å². The molecular formula is C14H23NO. The van der Waals surface area contributed by atoms with Crippen LogP contribution in [0.2, 0.25) is 0 Å². The molecule has 0 saturated carbocycles. The van der Waals surface area contributed by atoms with Crippen LogP contribution in [0.3, 0.4) is 0 Å². The minimum atomic E-state index is -0.646. The highest BCUT2D eigenvalue weighted by atomic mass is 16.3. The van der Waals surface area contributed by atoms with Crippen molar-refractivity contribution in [2.75, 3.05) is 6.54 Å². The van der Waals surface area contributed by atoms with E-state index in [1.54, 1.807) is 0 Å². The molecule has 1 rings (SSSR count). The summed E-state index contributed by atoms with van der Waals surface area (Å²) >= 11 is 0. The maximum Gasteiger partial charge on any atom is 0.0741 e. The molecule has 0 aliphatic rings. The highest BCUT2D eigenvalue weighted by Gasteiger charge is 2.20. The molecule has 1 unspecified atom stereocenters. The van der Waals surface area contributed by atoms with Crippen molar-refractivity contribution in [2.24, 2.45) is 0 Å². The number of rotatable bonds is 6. The molecule has 0 aliphatic heterocycles. The van der Waals surface area contributed by atoms with Crippen LogP contribution < -0.4 is 5.32 Å². The normalized spacial score (nSPS) is 13.8. The van der Waals surface area contributed by atoms with E-state index in [-0.39, 0.29) is 6.04 Å². The Balaban J connectivity index is 2.18. The second-order valence-corrected chi connectivity index (χ2v) is 4.92. The fraction of sp³-hybridized carbons (Fsp3) is 0.571. The molecule has 1 aromatic carbocycles. The first-order chi connectivity index (χ1) is 7.50. The Labute approximate surface area is 98.7 Å². The molecule has 2 nitrogen and oxygen atoms in total. The lowest BCUT2D eigenvalue weighted by atomic mass is 10.0. The largest absolute Gasteiger partial charge is 0.389 e. The molecule has 0 spiro atoms. The molecule has 1 aromatic rings. The van der Waals surface area contributed by atoms with Crippen LogP contribution in [0.4, 0.5) is 0 Å². The maximum atomic E-state index is 9.74. The fourth-order valence-electron chi connectivity index (χ4n) is 1.51. The van der Waals surface area contributed by atoms with Gasteiger partial charge < -0.3 is 10.4 Å². The summed E-state index contributed by atoms with van der Waals surface area (Å²) in [6, 6.07) is 10.6. The molecule has 0 bridgehead atoms. The number of nitrogens with one attached hydrogen (secondary N) is 1. The van der Waals surface area contributed by atoms with Gasteiger partial charge in [-0.15, -0.1) is 0 Å². The molecule has 0 heterocycles. The van der Waals surface area contributed by atoms with E-state index in [4.69, 9.17) is 0 Å². The molecule has 2 N–H and O–H groups in total. The monoisotopic (exact) mass is 221 g/mol. The lowest BCUT2D eigenvalue weighted by molar-refractivity contribution is 0.0444. The van der Waals surface area contributed by atoms with Gasteiger partial charge in [-0.2, -0.15) is 0 Å². The van der Waals surface area contributed by atoms with E-state index in [1.165, 1.54) is 5.56 Å². The average molecular weight is 221 g/mol. The van der Waals surface area contributed by atoms with Gasteiger partial charge in [-0.25, -0.2) is 0 Å². The lowest BCUT2D eigenvalue weighted by Crippen LogP contribution is -2.44. The Morgan fingerprint density at radius 1 is 1.25 bits per heavy atom. The van der Waals surface area contributed by atoms with Gasteiger partial charge in [0.2, 0.25) is 0 Å².